The Morgan fingerprint density at radius 1 is 1.09 bits per heavy atom. The Balaban J connectivity index is 1.65. The summed E-state index contributed by atoms with van der Waals surface area (Å²) in [5, 5.41) is 13.5. The number of amides is 2. The summed E-state index contributed by atoms with van der Waals surface area (Å²) >= 11 is 5.98. The van der Waals surface area contributed by atoms with Crippen LogP contribution in [0, 0.1) is 5.92 Å². The predicted octanol–water partition coefficient (Wildman–Crippen LogP) is 5.71. The van der Waals surface area contributed by atoms with Crippen molar-refractivity contribution in [2.24, 2.45) is 5.92 Å². The second-order valence-electron chi connectivity index (χ2n) is 12.1. The first kappa shape index (κ1) is 36.4. The van der Waals surface area contributed by atoms with Gasteiger partial charge in [-0.2, -0.15) is 4.31 Å². The van der Waals surface area contributed by atoms with Crippen molar-refractivity contribution in [1.29, 1.82) is 0 Å². The third-order valence-corrected chi connectivity index (χ3v) is 10.4. The highest BCUT2D eigenvalue weighted by molar-refractivity contribution is 7.89. The summed E-state index contributed by atoms with van der Waals surface area (Å²) in [6.45, 7) is 5.89. The van der Waals surface area contributed by atoms with Crippen LogP contribution in [0.15, 0.2) is 77.7 Å². The van der Waals surface area contributed by atoms with Crippen LogP contribution in [0.5, 0.6) is 5.75 Å². The number of hydrogen-bond acceptors (Lipinski definition) is 7. The van der Waals surface area contributed by atoms with E-state index in [0.29, 0.717) is 35.1 Å². The van der Waals surface area contributed by atoms with Crippen molar-refractivity contribution in [3.63, 3.8) is 0 Å². The number of halogens is 1. The first-order valence-electron chi connectivity index (χ1n) is 15.8. The summed E-state index contributed by atoms with van der Waals surface area (Å²) in [6, 6.07) is 19.2. The number of benzene rings is 3. The lowest BCUT2D eigenvalue weighted by molar-refractivity contribution is -0.00834. The topological polar surface area (TPSA) is 125 Å². The summed E-state index contributed by atoms with van der Waals surface area (Å²) < 4.78 is 40.7. The number of nitrogens with zero attached hydrogens (tertiary/aromatic N) is 2. The van der Waals surface area contributed by atoms with Gasteiger partial charge in [-0.05, 0) is 87.7 Å². The van der Waals surface area contributed by atoms with Gasteiger partial charge in [0.05, 0.1) is 35.3 Å². The molecule has 2 N–H and O–H groups in total. The van der Waals surface area contributed by atoms with Crippen molar-refractivity contribution < 1.29 is 32.6 Å². The van der Waals surface area contributed by atoms with E-state index in [-0.39, 0.29) is 48.1 Å². The molecule has 47 heavy (non-hydrogen) atoms. The molecule has 4 atom stereocenters. The molecule has 1 aliphatic rings. The number of rotatable bonds is 8. The molecule has 3 aromatic rings. The van der Waals surface area contributed by atoms with Crippen molar-refractivity contribution in [2.45, 2.75) is 63.2 Å². The molecule has 0 saturated carbocycles. The molecule has 0 saturated heterocycles. The fourth-order valence-electron chi connectivity index (χ4n) is 5.39. The van der Waals surface area contributed by atoms with Gasteiger partial charge in [0.15, 0.2) is 0 Å². The summed E-state index contributed by atoms with van der Waals surface area (Å²) in [4.78, 5) is 28.9. The van der Waals surface area contributed by atoms with Crippen LogP contribution in [0.4, 0.5) is 5.69 Å². The van der Waals surface area contributed by atoms with Crippen molar-refractivity contribution in [2.75, 3.05) is 38.7 Å². The van der Waals surface area contributed by atoms with E-state index in [9.17, 15) is 23.1 Å². The average molecular weight is 686 g/mol. The summed E-state index contributed by atoms with van der Waals surface area (Å²) in [5.41, 5.74) is 1.14. The fraction of sp³-hybridized carbons (Fsp3) is 0.429. The van der Waals surface area contributed by atoms with Gasteiger partial charge in [-0.1, -0.05) is 36.7 Å². The third-order valence-electron chi connectivity index (χ3n) is 8.30. The van der Waals surface area contributed by atoms with Crippen molar-refractivity contribution in [1.82, 2.24) is 9.21 Å². The van der Waals surface area contributed by atoms with E-state index in [4.69, 9.17) is 21.1 Å². The number of anilines is 1. The van der Waals surface area contributed by atoms with Gasteiger partial charge in [-0.25, -0.2) is 8.42 Å². The number of aliphatic hydroxyl groups excluding tert-OH is 1. The molecule has 1 aliphatic heterocycles. The van der Waals surface area contributed by atoms with Gasteiger partial charge >= 0.3 is 0 Å². The van der Waals surface area contributed by atoms with Crippen LogP contribution in [0.2, 0.25) is 5.02 Å². The quantitative estimate of drug-likeness (QED) is 0.311. The smallest absolute Gasteiger partial charge is 0.258 e. The van der Waals surface area contributed by atoms with Gasteiger partial charge in [-0.15, -0.1) is 0 Å². The van der Waals surface area contributed by atoms with E-state index in [1.807, 2.05) is 19.9 Å². The second-order valence-corrected chi connectivity index (χ2v) is 14.6. The van der Waals surface area contributed by atoms with Crippen molar-refractivity contribution in [3.8, 4) is 5.75 Å². The summed E-state index contributed by atoms with van der Waals surface area (Å²) in [6.07, 6.45) is 1.45. The van der Waals surface area contributed by atoms with Gasteiger partial charge < -0.3 is 24.8 Å². The molecular formula is C35H44ClN3O7S. The highest BCUT2D eigenvalue weighted by Gasteiger charge is 2.32. The number of ether oxygens (including phenoxy) is 2. The third kappa shape index (κ3) is 9.55. The SMILES string of the molecule is C[C@@H]1CN([C@@H](C)CO)C(=O)c2cc(NC(=O)c3ccccc3)ccc2O[C@@H](C)CCCCO[C@H]1CN(C)S(=O)(=O)c1ccc(Cl)cc1. The fourth-order valence-corrected chi connectivity index (χ4v) is 6.70. The maximum Gasteiger partial charge on any atom is 0.258 e. The highest BCUT2D eigenvalue weighted by atomic mass is 35.5. The van der Waals surface area contributed by atoms with Crippen LogP contribution in [-0.2, 0) is 14.8 Å². The number of likely N-dealkylation sites (N-methyl/N-ethyl adjacent to an activating group) is 1. The lowest BCUT2D eigenvalue weighted by atomic mass is 10.0. The number of carbonyl (C=O) groups is 2. The minimum absolute atomic E-state index is 0.0490. The second kappa shape index (κ2) is 16.6. The van der Waals surface area contributed by atoms with Crippen LogP contribution in [0.3, 0.4) is 0 Å². The van der Waals surface area contributed by atoms with Gasteiger partial charge in [-0.3, -0.25) is 9.59 Å². The number of sulfonamides is 1. The van der Waals surface area contributed by atoms with Crippen LogP contribution >= 0.6 is 11.6 Å². The predicted molar refractivity (Wildman–Crippen MR) is 183 cm³/mol. The Bertz CT molecular complexity index is 1610. The summed E-state index contributed by atoms with van der Waals surface area (Å²) in [5.74, 6) is -0.668. The maximum absolute atomic E-state index is 14.3. The average Bonchev–Trinajstić information content (AvgIpc) is 3.06. The lowest BCUT2D eigenvalue weighted by Gasteiger charge is -2.35. The Morgan fingerprint density at radius 2 is 1.79 bits per heavy atom. The molecule has 254 valence electrons. The van der Waals surface area contributed by atoms with Crippen LogP contribution in [0.1, 0.15) is 60.7 Å². The number of carbonyl (C=O) groups excluding carboxylic acids is 2. The lowest BCUT2D eigenvalue weighted by Crippen LogP contribution is -2.48. The molecule has 12 heteroatoms. The molecule has 0 spiro atoms. The maximum atomic E-state index is 14.3. The Hall–Kier alpha value is -3.48. The molecule has 2 amide bonds. The van der Waals surface area contributed by atoms with E-state index in [1.54, 1.807) is 54.3 Å². The minimum atomic E-state index is -3.84. The highest BCUT2D eigenvalue weighted by Crippen LogP contribution is 2.29. The molecule has 0 bridgehead atoms. The van der Waals surface area contributed by atoms with E-state index in [2.05, 4.69) is 5.32 Å². The molecule has 3 aromatic carbocycles. The van der Waals surface area contributed by atoms with Crippen LogP contribution in [-0.4, -0.2) is 86.1 Å². The van der Waals surface area contributed by atoms with Gasteiger partial charge in [0, 0.05) is 48.9 Å². The molecule has 0 unspecified atom stereocenters. The van der Waals surface area contributed by atoms with E-state index < -0.39 is 28.1 Å². The molecule has 0 radical (unpaired) electrons. The first-order chi connectivity index (χ1) is 22.4. The van der Waals surface area contributed by atoms with Crippen LogP contribution < -0.4 is 10.1 Å². The van der Waals surface area contributed by atoms with Gasteiger partial charge in [0.1, 0.15) is 5.75 Å². The Kier molecular flexibility index (Phi) is 12.8. The molecule has 0 aromatic heterocycles. The van der Waals surface area contributed by atoms with Crippen molar-refractivity contribution in [3.05, 3.63) is 88.9 Å². The zero-order chi connectivity index (χ0) is 34.1. The standard InChI is InChI=1S/C35H44ClN3O7S/c1-24-21-39(25(2)23-40)35(42)31-20-29(37-34(41)27-11-6-5-7-12-27)15-18-32(31)46-26(3)10-8-9-19-45-33(24)22-38(4)47(43,44)30-16-13-28(36)14-17-30/h5-7,11-18,20,24-26,33,40H,8-10,19,21-23H2,1-4H3,(H,37,41)/t24-,25+,26+,33+/m1/s1. The normalized spacial score (nSPS) is 20.5. The van der Waals surface area contributed by atoms with E-state index in [1.165, 1.54) is 35.6 Å². The molecule has 4 rings (SSSR count). The molecular weight excluding hydrogens is 642 g/mol. The zero-order valence-corrected chi connectivity index (χ0v) is 28.8. The number of fused-ring (bicyclic) bond motifs is 1. The van der Waals surface area contributed by atoms with E-state index >= 15 is 0 Å². The number of aliphatic hydroxyl groups is 1. The minimum Gasteiger partial charge on any atom is -0.490 e. The molecule has 1 heterocycles. The monoisotopic (exact) mass is 685 g/mol. The van der Waals surface area contributed by atoms with E-state index in [0.717, 1.165) is 12.8 Å². The first-order valence-corrected chi connectivity index (χ1v) is 17.6. The Morgan fingerprint density at radius 3 is 2.47 bits per heavy atom. The molecule has 10 nitrogen and oxygen atoms in total. The number of hydrogen-bond donors (Lipinski definition) is 2. The Labute approximate surface area is 282 Å². The zero-order valence-electron chi connectivity index (χ0n) is 27.3. The molecule has 0 aliphatic carbocycles. The summed E-state index contributed by atoms with van der Waals surface area (Å²) in [7, 11) is -2.34. The van der Waals surface area contributed by atoms with Crippen LogP contribution in [0.25, 0.3) is 0 Å². The van der Waals surface area contributed by atoms with Gasteiger partial charge in [0.2, 0.25) is 10.0 Å². The van der Waals surface area contributed by atoms with Crippen molar-refractivity contribution >= 4 is 39.1 Å². The van der Waals surface area contributed by atoms with Gasteiger partial charge in [0.25, 0.3) is 11.8 Å². The number of nitrogens with one attached hydrogen (secondary N) is 1. The largest absolute Gasteiger partial charge is 0.490 e. The molecule has 0 fully saturated rings.